The summed E-state index contributed by atoms with van der Waals surface area (Å²) in [5.74, 6) is 0. The normalized spacial score (nSPS) is 26.7. The second kappa shape index (κ2) is 35.1. The first-order valence-corrected chi connectivity index (χ1v) is 16.9. The molecule has 1 rings (SSSR count). The molecule has 21 atom stereocenters. The van der Waals surface area contributed by atoms with Crippen LogP contribution in [-0.2, 0) is 23.9 Å². The van der Waals surface area contributed by atoms with Crippen molar-refractivity contribution in [2.75, 3.05) is 33.0 Å². The SMILES string of the molecule is O=CC(O)C(O)C(O)C(O)CO.O=CC(O)C(O)C(O)C(O)CO.O=CC(O)C(O)C(O)C(O)CO.O=CC(O)C(O)C(O)C(O)CO.OCC1O[C@H](O)[C@@H](O)C(O)[C@@H]1O. The molecule has 1 fully saturated rings. The number of carbonyl (C=O) groups is 4. The number of hydrogen-bond donors (Lipinski definition) is 25. The second-order valence-electron chi connectivity index (χ2n) is 12.2. The van der Waals surface area contributed by atoms with Gasteiger partial charge in [-0.15, -0.1) is 0 Å². The maximum atomic E-state index is 9.90. The van der Waals surface area contributed by atoms with Gasteiger partial charge in [0.15, 0.2) is 31.4 Å². The highest BCUT2D eigenvalue weighted by Gasteiger charge is 2.42. The summed E-state index contributed by atoms with van der Waals surface area (Å²) in [6, 6.07) is 0. The van der Waals surface area contributed by atoms with Crippen molar-refractivity contribution in [2.45, 2.75) is 128 Å². The third kappa shape index (κ3) is 23.7. The molecule has 0 amide bonds. The van der Waals surface area contributed by atoms with Crippen molar-refractivity contribution in [3.05, 3.63) is 0 Å². The smallest absolute Gasteiger partial charge is 0.184 e. The molecule has 0 aromatic carbocycles. The number of aldehydes is 4. The molecule has 25 N–H and O–H groups in total. The van der Waals surface area contributed by atoms with Crippen LogP contribution in [0.15, 0.2) is 0 Å². The Morgan fingerprint density at radius 2 is 0.567 bits per heavy atom. The zero-order chi connectivity index (χ0) is 48.2. The number of hydrogen-bond acceptors (Lipinski definition) is 30. The summed E-state index contributed by atoms with van der Waals surface area (Å²) < 4.78 is 4.58. The Labute approximate surface area is 338 Å². The highest BCUT2D eigenvalue weighted by Crippen LogP contribution is 2.19. The van der Waals surface area contributed by atoms with Crippen molar-refractivity contribution < 1.29 is 152 Å². The van der Waals surface area contributed by atoms with Crippen LogP contribution in [0.3, 0.4) is 0 Å². The van der Waals surface area contributed by atoms with E-state index in [4.69, 9.17) is 128 Å². The predicted octanol–water partition coefficient (Wildman–Crippen LogP) is -16.7. The van der Waals surface area contributed by atoms with Gasteiger partial charge in [-0.3, -0.25) is 0 Å². The van der Waals surface area contributed by atoms with Gasteiger partial charge in [-0.2, -0.15) is 0 Å². The highest BCUT2D eigenvalue weighted by atomic mass is 16.6. The minimum absolute atomic E-state index is 0.0258. The van der Waals surface area contributed by atoms with Crippen LogP contribution >= 0.6 is 0 Å². The number of carbonyl (C=O) groups excluding carboxylic acids is 4. The van der Waals surface area contributed by atoms with Gasteiger partial charge >= 0.3 is 0 Å². The van der Waals surface area contributed by atoms with Crippen LogP contribution in [0.25, 0.3) is 0 Å². The molecule has 0 bridgehead atoms. The Balaban J connectivity index is -0.000000327. The van der Waals surface area contributed by atoms with E-state index >= 15 is 0 Å². The third-order valence-electron chi connectivity index (χ3n) is 7.55. The standard InChI is InChI=1S/5C6H12O6/c7-1-2-3(8)4(9)5(10)6(11)12-2;4*7-1-3(9)5(11)6(12)4(10)2-8/h2-11H,1H2;4*1,3-6,8-12H,2H2/t2?,3-,4?,5+,6+;;;;/m1..../s1. The molecule has 360 valence electrons. The minimum Gasteiger partial charge on any atom is -0.394 e. The molecule has 0 aliphatic carbocycles. The Bertz CT molecular complexity index is 946. The zero-order valence-electron chi connectivity index (χ0n) is 31.2. The number of aliphatic hydroxyl groups excluding tert-OH is 25. The fraction of sp³-hybridized carbons (Fsp3) is 0.867. The first-order chi connectivity index (χ1) is 27.7. The Morgan fingerprint density at radius 3 is 0.733 bits per heavy atom. The average molecular weight is 901 g/mol. The van der Waals surface area contributed by atoms with Crippen molar-refractivity contribution in [3.8, 4) is 0 Å². The molecule has 18 unspecified atom stereocenters. The van der Waals surface area contributed by atoms with Crippen molar-refractivity contribution in [2.24, 2.45) is 0 Å². The van der Waals surface area contributed by atoms with E-state index in [1.165, 1.54) is 0 Å². The van der Waals surface area contributed by atoms with E-state index in [2.05, 4.69) is 4.74 Å². The summed E-state index contributed by atoms with van der Waals surface area (Å²) in [4.78, 5) is 39.6. The van der Waals surface area contributed by atoms with Gasteiger partial charge in [-0.05, 0) is 0 Å². The molecular formula is C30H60O30. The maximum Gasteiger partial charge on any atom is 0.184 e. The van der Waals surface area contributed by atoms with Crippen molar-refractivity contribution in [3.63, 3.8) is 0 Å². The Kier molecular flexibility index (Phi) is 37.6. The maximum absolute atomic E-state index is 9.90. The van der Waals surface area contributed by atoms with Crippen LogP contribution in [0, 0.1) is 0 Å². The summed E-state index contributed by atoms with van der Waals surface area (Å²) in [6.07, 6.45) is -34.4. The van der Waals surface area contributed by atoms with Gasteiger partial charge in [0.1, 0.15) is 122 Å². The molecule has 0 radical (unpaired) electrons. The summed E-state index contributed by atoms with van der Waals surface area (Å²) in [5, 5.41) is 219. The molecule has 0 aromatic rings. The van der Waals surface area contributed by atoms with Crippen LogP contribution in [0.5, 0.6) is 0 Å². The van der Waals surface area contributed by atoms with Gasteiger partial charge in [0.05, 0.1) is 33.0 Å². The van der Waals surface area contributed by atoms with Crippen LogP contribution in [0.1, 0.15) is 0 Å². The topological polar surface area (TPSA) is 583 Å². The van der Waals surface area contributed by atoms with Gasteiger partial charge in [-0.25, -0.2) is 0 Å². The highest BCUT2D eigenvalue weighted by molar-refractivity contribution is 5.57. The van der Waals surface area contributed by atoms with E-state index in [9.17, 15) is 19.2 Å². The fourth-order valence-electron chi connectivity index (χ4n) is 3.55. The first-order valence-electron chi connectivity index (χ1n) is 16.9. The van der Waals surface area contributed by atoms with E-state index in [0.717, 1.165) is 0 Å². The molecule has 0 spiro atoms. The van der Waals surface area contributed by atoms with Crippen molar-refractivity contribution in [1.82, 2.24) is 0 Å². The van der Waals surface area contributed by atoms with E-state index in [1.807, 2.05) is 0 Å². The van der Waals surface area contributed by atoms with Crippen molar-refractivity contribution in [1.29, 1.82) is 0 Å². The number of aliphatic hydroxyl groups is 25. The average Bonchev–Trinajstić information content (AvgIpc) is 3.28. The molecule has 30 nitrogen and oxygen atoms in total. The third-order valence-corrected chi connectivity index (χ3v) is 7.55. The molecular weight excluding hydrogens is 840 g/mol. The van der Waals surface area contributed by atoms with Crippen molar-refractivity contribution >= 4 is 25.1 Å². The van der Waals surface area contributed by atoms with Crippen LogP contribution < -0.4 is 0 Å². The second-order valence-corrected chi connectivity index (χ2v) is 12.2. The molecule has 1 aliphatic rings. The number of rotatable bonds is 21. The van der Waals surface area contributed by atoms with E-state index < -0.39 is 161 Å². The van der Waals surface area contributed by atoms with E-state index in [0.29, 0.717) is 0 Å². The molecule has 30 heteroatoms. The summed E-state index contributed by atoms with van der Waals surface area (Å²) in [5.41, 5.74) is 0. The summed E-state index contributed by atoms with van der Waals surface area (Å²) in [7, 11) is 0. The van der Waals surface area contributed by atoms with Crippen LogP contribution in [0.2, 0.25) is 0 Å². The van der Waals surface area contributed by atoms with Gasteiger partial charge < -0.3 is 152 Å². The first kappa shape index (κ1) is 64.3. The lowest BCUT2D eigenvalue weighted by molar-refractivity contribution is -0.286. The molecule has 0 saturated carbocycles. The Morgan fingerprint density at radius 1 is 0.350 bits per heavy atom. The van der Waals surface area contributed by atoms with Gasteiger partial charge in [0, 0.05) is 0 Å². The molecule has 1 saturated heterocycles. The molecule has 0 aromatic heterocycles. The number of ether oxygens (including phenoxy) is 1. The lowest BCUT2D eigenvalue weighted by Gasteiger charge is -2.37. The largest absolute Gasteiger partial charge is 0.394 e. The van der Waals surface area contributed by atoms with Gasteiger partial charge in [0.2, 0.25) is 0 Å². The lowest BCUT2D eigenvalue weighted by Crippen LogP contribution is -2.58. The summed E-state index contributed by atoms with van der Waals surface area (Å²) >= 11 is 0. The lowest BCUT2D eigenvalue weighted by atomic mass is 10.00. The van der Waals surface area contributed by atoms with E-state index in [1.54, 1.807) is 0 Å². The summed E-state index contributed by atoms with van der Waals surface area (Å²) in [6.45, 7) is -3.57. The Hall–Kier alpha value is -2.36. The van der Waals surface area contributed by atoms with E-state index in [-0.39, 0.29) is 25.1 Å². The van der Waals surface area contributed by atoms with Crippen LogP contribution in [0.4, 0.5) is 0 Å². The van der Waals surface area contributed by atoms with Gasteiger partial charge in [0.25, 0.3) is 0 Å². The monoisotopic (exact) mass is 900 g/mol. The quantitative estimate of drug-likeness (QED) is 0.0476. The molecule has 1 aliphatic heterocycles. The molecule has 1 heterocycles. The fourth-order valence-corrected chi connectivity index (χ4v) is 3.55. The van der Waals surface area contributed by atoms with Gasteiger partial charge in [-0.1, -0.05) is 0 Å². The van der Waals surface area contributed by atoms with Crippen LogP contribution in [-0.4, -0.2) is 314 Å². The molecule has 60 heavy (non-hydrogen) atoms. The minimum atomic E-state index is -1.79. The zero-order valence-corrected chi connectivity index (χ0v) is 31.2. The predicted molar refractivity (Wildman–Crippen MR) is 185 cm³/mol.